The van der Waals surface area contributed by atoms with Crippen molar-refractivity contribution in [3.8, 4) is 0 Å². The van der Waals surface area contributed by atoms with E-state index in [0.29, 0.717) is 12.6 Å². The number of rotatable bonds is 8. The molecule has 0 saturated carbocycles. The molecule has 0 unspecified atom stereocenters. The van der Waals surface area contributed by atoms with Crippen molar-refractivity contribution >= 4 is 11.6 Å². The van der Waals surface area contributed by atoms with Gasteiger partial charge in [-0.2, -0.15) is 0 Å². The Balaban J connectivity index is 2.86. The average Bonchev–Trinajstić information content (AvgIpc) is 2.44. The zero-order valence-electron chi connectivity index (χ0n) is 14.0. The van der Waals surface area contributed by atoms with Crippen LogP contribution in [-0.2, 0) is 11.3 Å². The Morgan fingerprint density at radius 2 is 2.05 bits per heavy atom. The van der Waals surface area contributed by atoms with E-state index in [2.05, 4.69) is 61.4 Å². The maximum absolute atomic E-state index is 11.7. The molecule has 0 radical (unpaired) electrons. The van der Waals surface area contributed by atoms with Crippen molar-refractivity contribution in [3.63, 3.8) is 0 Å². The SMILES string of the molecule is CCCN(CC(=O)NC)c1ccc(CNC(C)C)cc1C. The van der Waals surface area contributed by atoms with Gasteiger partial charge in [-0.25, -0.2) is 0 Å². The lowest BCUT2D eigenvalue weighted by Gasteiger charge is -2.25. The Morgan fingerprint density at radius 3 is 2.57 bits per heavy atom. The summed E-state index contributed by atoms with van der Waals surface area (Å²) < 4.78 is 0. The molecule has 0 fully saturated rings. The van der Waals surface area contributed by atoms with Gasteiger partial charge in [0.25, 0.3) is 0 Å². The standard InChI is InChI=1S/C17H29N3O/c1-6-9-20(12-17(21)18-5)16-8-7-15(10-14(16)4)11-19-13(2)3/h7-8,10,13,19H,6,9,11-12H2,1-5H3,(H,18,21). The van der Waals surface area contributed by atoms with Crippen LogP contribution in [0.15, 0.2) is 18.2 Å². The summed E-state index contributed by atoms with van der Waals surface area (Å²) in [5.74, 6) is 0.0494. The highest BCUT2D eigenvalue weighted by Gasteiger charge is 2.12. The number of nitrogens with zero attached hydrogens (tertiary/aromatic N) is 1. The summed E-state index contributed by atoms with van der Waals surface area (Å²) in [7, 11) is 1.68. The highest BCUT2D eigenvalue weighted by molar-refractivity contribution is 5.81. The van der Waals surface area contributed by atoms with Crippen LogP contribution in [0.4, 0.5) is 5.69 Å². The van der Waals surface area contributed by atoms with E-state index in [1.807, 2.05) is 0 Å². The summed E-state index contributed by atoms with van der Waals surface area (Å²) in [5.41, 5.74) is 3.64. The average molecular weight is 291 g/mol. The molecule has 0 spiro atoms. The topological polar surface area (TPSA) is 44.4 Å². The summed E-state index contributed by atoms with van der Waals surface area (Å²) in [6.07, 6.45) is 1.02. The van der Waals surface area contributed by atoms with Crippen LogP contribution in [0.1, 0.15) is 38.3 Å². The van der Waals surface area contributed by atoms with Gasteiger partial charge >= 0.3 is 0 Å². The fourth-order valence-electron chi connectivity index (χ4n) is 2.31. The van der Waals surface area contributed by atoms with Crippen LogP contribution in [0.25, 0.3) is 0 Å². The van der Waals surface area contributed by atoms with Gasteiger partial charge in [0.15, 0.2) is 0 Å². The minimum atomic E-state index is 0.0494. The fraction of sp³-hybridized carbons (Fsp3) is 0.588. The molecule has 1 aromatic rings. The van der Waals surface area contributed by atoms with Crippen molar-refractivity contribution in [2.75, 3.05) is 25.0 Å². The molecule has 1 amide bonds. The van der Waals surface area contributed by atoms with Crippen LogP contribution in [-0.4, -0.2) is 32.1 Å². The predicted molar refractivity (Wildman–Crippen MR) is 89.7 cm³/mol. The molecule has 1 rings (SSSR count). The number of aryl methyl sites for hydroxylation is 1. The lowest BCUT2D eigenvalue weighted by Crippen LogP contribution is -2.36. The number of hydrogen-bond donors (Lipinski definition) is 2. The molecule has 0 aliphatic carbocycles. The third-order valence-corrected chi connectivity index (χ3v) is 3.42. The molecular weight excluding hydrogens is 262 g/mol. The van der Waals surface area contributed by atoms with Crippen LogP contribution >= 0.6 is 0 Å². The Kier molecular flexibility index (Phi) is 7.23. The highest BCUT2D eigenvalue weighted by atomic mass is 16.1. The predicted octanol–water partition coefficient (Wildman–Crippen LogP) is 2.46. The lowest BCUT2D eigenvalue weighted by molar-refractivity contribution is -0.119. The van der Waals surface area contributed by atoms with Crippen LogP contribution < -0.4 is 15.5 Å². The van der Waals surface area contributed by atoms with E-state index in [4.69, 9.17) is 0 Å². The number of benzene rings is 1. The van der Waals surface area contributed by atoms with Gasteiger partial charge in [-0.1, -0.05) is 32.9 Å². The maximum Gasteiger partial charge on any atom is 0.239 e. The summed E-state index contributed by atoms with van der Waals surface area (Å²) >= 11 is 0. The summed E-state index contributed by atoms with van der Waals surface area (Å²) in [5, 5.41) is 6.12. The zero-order chi connectivity index (χ0) is 15.8. The first-order chi connectivity index (χ1) is 9.97. The highest BCUT2D eigenvalue weighted by Crippen LogP contribution is 2.21. The molecule has 0 bridgehead atoms. The first kappa shape index (κ1) is 17.5. The van der Waals surface area contributed by atoms with E-state index in [9.17, 15) is 4.79 Å². The number of amides is 1. The smallest absolute Gasteiger partial charge is 0.239 e. The number of nitrogens with one attached hydrogen (secondary N) is 2. The van der Waals surface area contributed by atoms with E-state index >= 15 is 0 Å². The molecule has 0 heterocycles. The number of carbonyl (C=O) groups excluding carboxylic acids is 1. The van der Waals surface area contributed by atoms with Crippen LogP contribution in [0.5, 0.6) is 0 Å². The van der Waals surface area contributed by atoms with Gasteiger partial charge < -0.3 is 15.5 Å². The Bertz CT molecular complexity index is 457. The molecular formula is C17H29N3O. The van der Waals surface area contributed by atoms with E-state index in [0.717, 1.165) is 25.2 Å². The Morgan fingerprint density at radius 1 is 1.33 bits per heavy atom. The van der Waals surface area contributed by atoms with Crippen LogP contribution in [0.2, 0.25) is 0 Å². The molecule has 4 heteroatoms. The van der Waals surface area contributed by atoms with Gasteiger partial charge in [0.05, 0.1) is 6.54 Å². The summed E-state index contributed by atoms with van der Waals surface area (Å²) in [6.45, 7) is 10.7. The van der Waals surface area contributed by atoms with Crippen molar-refractivity contribution in [3.05, 3.63) is 29.3 Å². The lowest BCUT2D eigenvalue weighted by atomic mass is 10.1. The van der Waals surface area contributed by atoms with Crippen molar-refractivity contribution in [1.29, 1.82) is 0 Å². The Labute approximate surface area is 128 Å². The number of hydrogen-bond acceptors (Lipinski definition) is 3. The van der Waals surface area contributed by atoms with Gasteiger partial charge in [-0.3, -0.25) is 4.79 Å². The first-order valence-electron chi connectivity index (χ1n) is 7.76. The van der Waals surface area contributed by atoms with E-state index in [1.165, 1.54) is 11.1 Å². The summed E-state index contributed by atoms with van der Waals surface area (Å²) in [4.78, 5) is 13.8. The van der Waals surface area contributed by atoms with Crippen LogP contribution in [0.3, 0.4) is 0 Å². The monoisotopic (exact) mass is 291 g/mol. The number of likely N-dealkylation sites (N-methyl/N-ethyl adjacent to an activating group) is 1. The largest absolute Gasteiger partial charge is 0.362 e. The zero-order valence-corrected chi connectivity index (χ0v) is 14.0. The molecule has 4 nitrogen and oxygen atoms in total. The fourth-order valence-corrected chi connectivity index (χ4v) is 2.31. The van der Waals surface area contributed by atoms with Gasteiger partial charge in [0, 0.05) is 31.9 Å². The van der Waals surface area contributed by atoms with Gasteiger partial charge in [0.1, 0.15) is 0 Å². The van der Waals surface area contributed by atoms with E-state index in [-0.39, 0.29) is 5.91 Å². The number of anilines is 1. The molecule has 0 saturated heterocycles. The normalized spacial score (nSPS) is 10.8. The summed E-state index contributed by atoms with van der Waals surface area (Å²) in [6, 6.07) is 6.96. The van der Waals surface area contributed by atoms with Crippen molar-refractivity contribution in [1.82, 2.24) is 10.6 Å². The third kappa shape index (κ3) is 5.76. The molecule has 21 heavy (non-hydrogen) atoms. The minimum Gasteiger partial charge on any atom is -0.362 e. The van der Waals surface area contributed by atoms with Crippen molar-refractivity contribution < 1.29 is 4.79 Å². The minimum absolute atomic E-state index is 0.0494. The van der Waals surface area contributed by atoms with Gasteiger partial charge in [-0.15, -0.1) is 0 Å². The number of carbonyl (C=O) groups is 1. The van der Waals surface area contributed by atoms with E-state index < -0.39 is 0 Å². The molecule has 1 aromatic carbocycles. The molecule has 0 aliphatic heterocycles. The quantitative estimate of drug-likeness (QED) is 0.773. The molecule has 118 valence electrons. The molecule has 0 atom stereocenters. The second-order valence-corrected chi connectivity index (χ2v) is 5.75. The molecule has 0 aliphatic rings. The Hall–Kier alpha value is -1.55. The first-order valence-corrected chi connectivity index (χ1v) is 7.76. The third-order valence-electron chi connectivity index (χ3n) is 3.42. The molecule has 2 N–H and O–H groups in total. The second kappa shape index (κ2) is 8.67. The molecule has 0 aromatic heterocycles. The van der Waals surface area contributed by atoms with E-state index in [1.54, 1.807) is 7.05 Å². The van der Waals surface area contributed by atoms with Gasteiger partial charge in [-0.05, 0) is 30.5 Å². The second-order valence-electron chi connectivity index (χ2n) is 5.75. The van der Waals surface area contributed by atoms with Crippen molar-refractivity contribution in [2.24, 2.45) is 0 Å². The maximum atomic E-state index is 11.7. The van der Waals surface area contributed by atoms with Gasteiger partial charge in [0.2, 0.25) is 5.91 Å². The van der Waals surface area contributed by atoms with Crippen LogP contribution in [0, 0.1) is 6.92 Å². The van der Waals surface area contributed by atoms with Crippen molar-refractivity contribution in [2.45, 2.75) is 46.7 Å².